The molecule has 0 bridgehead atoms. The summed E-state index contributed by atoms with van der Waals surface area (Å²) in [5.41, 5.74) is -0.125. The molecular formula is C17H20BrNO4. The number of hydrogen-bond donors (Lipinski definition) is 0. The summed E-state index contributed by atoms with van der Waals surface area (Å²) in [4.78, 5) is 12.2. The lowest BCUT2D eigenvalue weighted by atomic mass is 9.83. The lowest BCUT2D eigenvalue weighted by molar-refractivity contribution is -0.148. The number of carbonyl (C=O) groups excluding carboxylic acids is 1. The zero-order chi connectivity index (χ0) is 16.9. The average molecular weight is 382 g/mol. The van der Waals surface area contributed by atoms with E-state index in [2.05, 4.69) is 21.1 Å². The summed E-state index contributed by atoms with van der Waals surface area (Å²) < 4.78 is 16.9. The number of aromatic nitrogens is 1. The summed E-state index contributed by atoms with van der Waals surface area (Å²) in [7, 11) is 1.38. The lowest BCUT2D eigenvalue weighted by Crippen LogP contribution is -2.34. The van der Waals surface area contributed by atoms with Gasteiger partial charge in [-0.25, -0.2) is 0 Å². The van der Waals surface area contributed by atoms with Gasteiger partial charge >= 0.3 is 5.97 Å². The minimum absolute atomic E-state index is 0.336. The van der Waals surface area contributed by atoms with Crippen LogP contribution in [0.15, 0.2) is 39.3 Å². The highest BCUT2D eigenvalue weighted by Gasteiger charge is 2.39. The van der Waals surface area contributed by atoms with Crippen molar-refractivity contribution in [1.82, 2.24) is 5.16 Å². The second kappa shape index (κ2) is 7.64. The van der Waals surface area contributed by atoms with Crippen LogP contribution in [0.3, 0.4) is 0 Å². The molecule has 0 amide bonds. The maximum absolute atomic E-state index is 12.2. The Hall–Kier alpha value is -1.82. The first-order chi connectivity index (χ1) is 11.0. The minimum atomic E-state index is -0.862. The summed E-state index contributed by atoms with van der Waals surface area (Å²) in [6.07, 6.45) is 1.23. The van der Waals surface area contributed by atoms with E-state index < -0.39 is 5.41 Å². The molecule has 0 spiro atoms. The van der Waals surface area contributed by atoms with Gasteiger partial charge in [0.1, 0.15) is 11.2 Å². The van der Waals surface area contributed by atoms with Crippen molar-refractivity contribution in [3.8, 4) is 5.75 Å². The van der Waals surface area contributed by atoms with E-state index in [-0.39, 0.29) is 5.97 Å². The number of halogens is 1. The Kier molecular flexibility index (Phi) is 5.82. The van der Waals surface area contributed by atoms with Crippen LogP contribution in [0.5, 0.6) is 5.75 Å². The van der Waals surface area contributed by atoms with E-state index in [0.717, 1.165) is 15.9 Å². The van der Waals surface area contributed by atoms with Crippen molar-refractivity contribution in [2.75, 3.05) is 13.7 Å². The number of ether oxygens (including phenoxy) is 2. The fourth-order valence-electron chi connectivity index (χ4n) is 2.32. The number of esters is 1. The molecule has 1 unspecified atom stereocenters. The molecule has 0 N–H and O–H groups in total. The average Bonchev–Trinajstić information content (AvgIpc) is 2.99. The van der Waals surface area contributed by atoms with Crippen LogP contribution in [0.25, 0.3) is 0 Å². The highest BCUT2D eigenvalue weighted by molar-refractivity contribution is 9.10. The van der Waals surface area contributed by atoms with Gasteiger partial charge in [0.2, 0.25) is 0 Å². The molecule has 0 saturated heterocycles. The molecule has 1 aromatic carbocycles. The summed E-state index contributed by atoms with van der Waals surface area (Å²) >= 11 is 3.38. The molecule has 0 fully saturated rings. The quantitative estimate of drug-likeness (QED) is 0.534. The first-order valence-electron chi connectivity index (χ1n) is 7.36. The molecule has 1 atom stereocenters. The molecule has 23 heavy (non-hydrogen) atoms. The van der Waals surface area contributed by atoms with Gasteiger partial charge in [-0.1, -0.05) is 21.1 Å². The monoisotopic (exact) mass is 381 g/mol. The van der Waals surface area contributed by atoms with Crippen LogP contribution >= 0.6 is 15.9 Å². The zero-order valence-corrected chi connectivity index (χ0v) is 15.1. The summed E-state index contributed by atoms with van der Waals surface area (Å²) in [5, 5.41) is 3.87. The molecule has 2 aromatic rings. The Balaban J connectivity index is 1.96. The number of carbonyl (C=O) groups is 1. The Labute approximate surface area is 144 Å². The zero-order valence-electron chi connectivity index (χ0n) is 13.5. The summed E-state index contributed by atoms with van der Waals surface area (Å²) in [6.45, 7) is 4.13. The predicted octanol–water partition coefficient (Wildman–Crippen LogP) is 4.04. The number of hydrogen-bond acceptors (Lipinski definition) is 5. The number of aryl methyl sites for hydroxylation is 1. The van der Waals surface area contributed by atoms with Crippen LogP contribution in [-0.4, -0.2) is 24.8 Å². The van der Waals surface area contributed by atoms with Crippen LogP contribution in [-0.2, 0) is 14.9 Å². The minimum Gasteiger partial charge on any atom is -0.494 e. The standard InChI is InChI=1S/C17H20BrNO4/c1-12-11-15(23-19-12)17(2,16(20)21-3)9-4-10-22-14-7-5-13(18)6-8-14/h5-8,11H,4,9-10H2,1-3H3. The largest absolute Gasteiger partial charge is 0.494 e. The van der Waals surface area contributed by atoms with Crippen LogP contribution in [0.4, 0.5) is 0 Å². The SMILES string of the molecule is COC(=O)C(C)(CCCOc1ccc(Br)cc1)c1cc(C)no1. The second-order valence-electron chi connectivity index (χ2n) is 5.56. The van der Waals surface area contributed by atoms with Crippen LogP contribution in [0.1, 0.15) is 31.2 Å². The van der Waals surface area contributed by atoms with Crippen molar-refractivity contribution in [3.63, 3.8) is 0 Å². The molecule has 0 radical (unpaired) electrons. The highest BCUT2D eigenvalue weighted by Crippen LogP contribution is 2.31. The Morgan fingerprint density at radius 3 is 2.61 bits per heavy atom. The molecule has 0 aliphatic rings. The first-order valence-corrected chi connectivity index (χ1v) is 8.15. The van der Waals surface area contributed by atoms with E-state index in [0.29, 0.717) is 25.2 Å². The third-order valence-electron chi connectivity index (χ3n) is 3.71. The van der Waals surface area contributed by atoms with Gasteiger partial charge in [-0.15, -0.1) is 0 Å². The van der Waals surface area contributed by atoms with Crippen molar-refractivity contribution >= 4 is 21.9 Å². The van der Waals surface area contributed by atoms with Crippen molar-refractivity contribution in [3.05, 3.63) is 46.3 Å². The molecular weight excluding hydrogens is 362 g/mol. The van der Waals surface area contributed by atoms with Crippen molar-refractivity contribution in [2.24, 2.45) is 0 Å². The van der Waals surface area contributed by atoms with Gasteiger partial charge < -0.3 is 14.0 Å². The van der Waals surface area contributed by atoms with Crippen molar-refractivity contribution in [2.45, 2.75) is 32.1 Å². The third-order valence-corrected chi connectivity index (χ3v) is 4.24. The number of methoxy groups -OCH3 is 1. The predicted molar refractivity (Wildman–Crippen MR) is 89.5 cm³/mol. The van der Waals surface area contributed by atoms with Crippen molar-refractivity contribution < 1.29 is 18.8 Å². The maximum atomic E-state index is 12.2. The Bertz CT molecular complexity index is 653. The molecule has 6 heteroatoms. The van der Waals surface area contributed by atoms with Crippen LogP contribution in [0.2, 0.25) is 0 Å². The molecule has 1 heterocycles. The molecule has 1 aromatic heterocycles. The molecule has 2 rings (SSSR count). The van der Waals surface area contributed by atoms with E-state index in [1.807, 2.05) is 31.2 Å². The lowest BCUT2D eigenvalue weighted by Gasteiger charge is -2.23. The fourth-order valence-corrected chi connectivity index (χ4v) is 2.59. The molecule has 0 aliphatic carbocycles. The van der Waals surface area contributed by atoms with E-state index >= 15 is 0 Å². The van der Waals surface area contributed by atoms with Gasteiger partial charge in [0.05, 0.1) is 19.4 Å². The Morgan fingerprint density at radius 1 is 1.35 bits per heavy atom. The van der Waals surface area contributed by atoms with Gasteiger partial charge in [-0.3, -0.25) is 4.79 Å². The number of rotatable bonds is 7. The van der Waals surface area contributed by atoms with E-state index in [1.54, 1.807) is 13.0 Å². The summed E-state index contributed by atoms with van der Waals surface area (Å²) in [6, 6.07) is 9.40. The molecule has 0 saturated carbocycles. The smallest absolute Gasteiger partial charge is 0.319 e. The van der Waals surface area contributed by atoms with E-state index in [4.69, 9.17) is 14.0 Å². The van der Waals surface area contributed by atoms with Crippen LogP contribution in [0, 0.1) is 6.92 Å². The van der Waals surface area contributed by atoms with E-state index in [9.17, 15) is 4.79 Å². The fraction of sp³-hybridized carbons (Fsp3) is 0.412. The molecule has 124 valence electrons. The normalized spacial score (nSPS) is 13.4. The van der Waals surface area contributed by atoms with Gasteiger partial charge in [-0.2, -0.15) is 0 Å². The van der Waals surface area contributed by atoms with Crippen LogP contribution < -0.4 is 4.74 Å². The van der Waals surface area contributed by atoms with Gasteiger partial charge in [-0.05, 0) is 51.0 Å². The van der Waals surface area contributed by atoms with Gasteiger partial charge in [0.15, 0.2) is 5.76 Å². The van der Waals surface area contributed by atoms with Crippen molar-refractivity contribution in [1.29, 1.82) is 0 Å². The highest BCUT2D eigenvalue weighted by atomic mass is 79.9. The maximum Gasteiger partial charge on any atom is 0.319 e. The summed E-state index contributed by atoms with van der Waals surface area (Å²) in [5.74, 6) is 0.978. The molecule has 5 nitrogen and oxygen atoms in total. The topological polar surface area (TPSA) is 61.6 Å². The van der Waals surface area contributed by atoms with Gasteiger partial charge in [0, 0.05) is 10.5 Å². The molecule has 0 aliphatic heterocycles. The third kappa shape index (κ3) is 4.34. The number of nitrogens with zero attached hydrogens (tertiary/aromatic N) is 1. The second-order valence-corrected chi connectivity index (χ2v) is 6.48. The van der Waals surface area contributed by atoms with Gasteiger partial charge in [0.25, 0.3) is 0 Å². The first kappa shape index (κ1) is 17.5. The Morgan fingerprint density at radius 2 is 2.04 bits per heavy atom. The van der Waals surface area contributed by atoms with E-state index in [1.165, 1.54) is 7.11 Å². The number of benzene rings is 1.